The minimum Gasteiger partial charge on any atom is -0.456 e. The fraction of sp³-hybridized carbons (Fsp3) is 0.440. The van der Waals surface area contributed by atoms with Crippen molar-refractivity contribution in [2.75, 3.05) is 74.6 Å². The Morgan fingerprint density at radius 1 is 0.940 bits per heavy atom. The molecule has 3 aliphatic heterocycles. The number of hydrogen-bond acceptors (Lipinski definition) is 12. The van der Waals surface area contributed by atoms with Gasteiger partial charge in [-0.3, -0.25) is 29.5 Å². The largest absolute Gasteiger partial charge is 0.456 e. The van der Waals surface area contributed by atoms with Crippen molar-refractivity contribution in [1.82, 2.24) is 14.5 Å². The molecule has 2 saturated heterocycles. The summed E-state index contributed by atoms with van der Waals surface area (Å²) in [6.07, 6.45) is 6.76. The smallest absolute Gasteiger partial charge is 0.293 e. The summed E-state index contributed by atoms with van der Waals surface area (Å²) in [6, 6.07) is 22.5. The number of amides is 2. The van der Waals surface area contributed by atoms with Crippen molar-refractivity contribution in [1.29, 1.82) is 0 Å². The summed E-state index contributed by atoms with van der Waals surface area (Å²) in [5.74, 6) is -0.725. The standard InChI is InChI=1S/C50H58ClN7O8S/c1-50(2)19-18-34(42(31-50)33-6-8-35(51)9-7-33)32-55-20-22-56(23-21-55)38-14-16-40(47(28-38)66-46-5-3-4-43-41(46)30-48(59)53-43)49(60)54-67(63,64)39-15-17-44(45(29-39)58(61)62)52-36-10-12-37(13-11-36)57-24-26-65-27-25-57/h3-9,14-17,28-29,36-37,52H,10-13,18-27,30-32H2,1-2H3,(H,53,59)(H,54,60)/t36-,37-. The minimum absolute atomic E-state index is 0.0100. The molecule has 9 rings (SSSR count). The van der Waals surface area contributed by atoms with Crippen molar-refractivity contribution in [2.24, 2.45) is 5.41 Å². The van der Waals surface area contributed by atoms with Gasteiger partial charge in [0.1, 0.15) is 17.2 Å². The van der Waals surface area contributed by atoms with Crippen LogP contribution in [0.5, 0.6) is 11.5 Å². The summed E-state index contributed by atoms with van der Waals surface area (Å²) in [5.41, 5.74) is 6.04. The molecule has 15 nitrogen and oxygen atoms in total. The van der Waals surface area contributed by atoms with Crippen molar-refractivity contribution < 1.29 is 32.4 Å². The predicted octanol–water partition coefficient (Wildman–Crippen LogP) is 8.50. The van der Waals surface area contributed by atoms with Crippen molar-refractivity contribution in [3.8, 4) is 11.5 Å². The molecule has 0 atom stereocenters. The molecule has 354 valence electrons. The second-order valence-corrected chi connectivity index (χ2v) is 21.3. The summed E-state index contributed by atoms with van der Waals surface area (Å²) < 4.78 is 41.8. The molecular formula is C50H58ClN7O8S. The Bertz CT molecular complexity index is 2670. The number of sulfonamides is 1. The Balaban J connectivity index is 0.915. The summed E-state index contributed by atoms with van der Waals surface area (Å²) >= 11 is 6.25. The molecule has 4 aromatic carbocycles. The number of nitrogens with one attached hydrogen (secondary N) is 3. The summed E-state index contributed by atoms with van der Waals surface area (Å²) in [5, 5.41) is 19.2. The van der Waals surface area contributed by atoms with Crippen LogP contribution in [0.2, 0.25) is 5.02 Å². The topological polar surface area (TPSA) is 176 Å². The van der Waals surface area contributed by atoms with Crippen LogP contribution in [0.4, 0.5) is 22.7 Å². The van der Waals surface area contributed by atoms with E-state index in [0.29, 0.717) is 36.1 Å². The first-order valence-corrected chi connectivity index (χ1v) is 25.2. The van der Waals surface area contributed by atoms with Crippen LogP contribution in [0.25, 0.3) is 5.57 Å². The van der Waals surface area contributed by atoms with E-state index in [9.17, 15) is 28.1 Å². The normalized spacial score (nSPS) is 21.4. The van der Waals surface area contributed by atoms with E-state index in [1.807, 2.05) is 12.1 Å². The van der Waals surface area contributed by atoms with Crippen molar-refractivity contribution >= 4 is 61.8 Å². The zero-order valence-electron chi connectivity index (χ0n) is 38.0. The Hall–Kier alpha value is -5.52. The summed E-state index contributed by atoms with van der Waals surface area (Å²) in [6.45, 7) is 11.8. The van der Waals surface area contributed by atoms with Crippen LogP contribution in [-0.4, -0.2) is 106 Å². The molecule has 67 heavy (non-hydrogen) atoms. The maximum atomic E-state index is 14.1. The number of allylic oxidation sites excluding steroid dienone is 1. The maximum absolute atomic E-state index is 14.1. The first-order chi connectivity index (χ1) is 32.2. The number of morpholine rings is 1. The average Bonchev–Trinajstić information content (AvgIpc) is 3.71. The van der Waals surface area contributed by atoms with Crippen molar-refractivity contribution in [3.05, 3.63) is 116 Å². The van der Waals surface area contributed by atoms with Gasteiger partial charge < -0.3 is 25.0 Å². The monoisotopic (exact) mass is 951 g/mol. The molecule has 17 heteroatoms. The second-order valence-electron chi connectivity index (χ2n) is 19.2. The Kier molecular flexibility index (Phi) is 13.6. The van der Waals surface area contributed by atoms with Gasteiger partial charge in [-0.2, -0.15) is 0 Å². The number of anilines is 3. The number of fused-ring (bicyclic) bond motifs is 1. The van der Waals surface area contributed by atoms with E-state index in [0.717, 1.165) is 108 Å². The van der Waals surface area contributed by atoms with Crippen LogP contribution in [0.1, 0.15) is 80.3 Å². The molecule has 5 aliphatic rings. The molecule has 0 radical (unpaired) electrons. The van der Waals surface area contributed by atoms with Gasteiger partial charge in [-0.1, -0.05) is 49.2 Å². The van der Waals surface area contributed by atoms with Crippen LogP contribution < -0.4 is 25.0 Å². The maximum Gasteiger partial charge on any atom is 0.293 e. The van der Waals surface area contributed by atoms with E-state index in [1.54, 1.807) is 30.3 Å². The molecule has 1 saturated carbocycles. The van der Waals surface area contributed by atoms with E-state index in [2.05, 4.69) is 56.0 Å². The van der Waals surface area contributed by atoms with Crippen molar-refractivity contribution in [2.45, 2.75) is 82.2 Å². The highest BCUT2D eigenvalue weighted by molar-refractivity contribution is 7.90. The lowest BCUT2D eigenvalue weighted by molar-refractivity contribution is -0.384. The summed E-state index contributed by atoms with van der Waals surface area (Å²) in [7, 11) is -4.60. The molecule has 3 fully saturated rings. The highest BCUT2D eigenvalue weighted by Gasteiger charge is 2.33. The SMILES string of the molecule is CC1(C)CCC(CN2CCN(c3ccc(C(=O)NS(=O)(=O)c4ccc(N[C@H]5CC[C@H](N6CCOCC6)CC5)c([N+](=O)[O-])c4)c(Oc4cccc5c4CC(=O)N5)c3)CC2)=C(c2ccc(Cl)cc2)C1. The van der Waals surface area contributed by atoms with Gasteiger partial charge in [0.2, 0.25) is 5.91 Å². The van der Waals surface area contributed by atoms with E-state index in [1.165, 1.54) is 34.9 Å². The number of nitrogens with zero attached hydrogens (tertiary/aromatic N) is 4. The number of carbonyl (C=O) groups is 2. The van der Waals surface area contributed by atoms with E-state index in [-0.39, 0.29) is 40.8 Å². The number of hydrogen-bond donors (Lipinski definition) is 3. The van der Waals surface area contributed by atoms with Gasteiger partial charge in [-0.15, -0.1) is 0 Å². The highest BCUT2D eigenvalue weighted by atomic mass is 35.5. The van der Waals surface area contributed by atoms with Crippen LogP contribution in [-0.2, 0) is 26.0 Å². The molecule has 2 aliphatic carbocycles. The number of ether oxygens (including phenoxy) is 2. The second kappa shape index (κ2) is 19.6. The van der Waals surface area contributed by atoms with Gasteiger partial charge in [0.15, 0.2) is 0 Å². The molecule has 0 unspecified atom stereocenters. The number of carbonyl (C=O) groups excluding carboxylic acids is 2. The Labute approximate surface area is 397 Å². The molecular weight excluding hydrogens is 894 g/mol. The number of rotatable bonds is 13. The third-order valence-electron chi connectivity index (χ3n) is 14.0. The van der Waals surface area contributed by atoms with Gasteiger partial charge >= 0.3 is 0 Å². The molecule has 0 spiro atoms. The number of halogens is 1. The van der Waals surface area contributed by atoms with E-state index in [4.69, 9.17) is 21.1 Å². The zero-order valence-corrected chi connectivity index (χ0v) is 39.6. The molecule has 2 amide bonds. The third kappa shape index (κ3) is 10.8. The first kappa shape index (κ1) is 46.6. The lowest BCUT2D eigenvalue weighted by atomic mass is 9.72. The minimum atomic E-state index is -4.60. The van der Waals surface area contributed by atoms with Gasteiger partial charge in [-0.05, 0) is 110 Å². The van der Waals surface area contributed by atoms with Crippen LogP contribution in [0.15, 0.2) is 89.3 Å². The fourth-order valence-electron chi connectivity index (χ4n) is 10.2. The third-order valence-corrected chi connectivity index (χ3v) is 15.6. The number of nitro groups is 1. The molecule has 0 bridgehead atoms. The van der Waals surface area contributed by atoms with Gasteiger partial charge in [0, 0.05) is 92.0 Å². The number of nitro benzene ring substituents is 1. The first-order valence-electron chi connectivity index (χ1n) is 23.3. The van der Waals surface area contributed by atoms with E-state index >= 15 is 0 Å². The lowest BCUT2D eigenvalue weighted by Gasteiger charge is -2.39. The van der Waals surface area contributed by atoms with Crippen LogP contribution >= 0.6 is 11.6 Å². The Morgan fingerprint density at radius 3 is 2.42 bits per heavy atom. The zero-order chi connectivity index (χ0) is 46.9. The molecule has 3 heterocycles. The molecule has 4 aromatic rings. The lowest BCUT2D eigenvalue weighted by Crippen LogP contribution is -2.47. The average molecular weight is 953 g/mol. The Morgan fingerprint density at radius 2 is 1.69 bits per heavy atom. The van der Waals surface area contributed by atoms with Gasteiger partial charge in [0.05, 0.1) is 35.0 Å². The number of benzene rings is 4. The highest BCUT2D eigenvalue weighted by Crippen LogP contribution is 2.44. The predicted molar refractivity (Wildman–Crippen MR) is 260 cm³/mol. The van der Waals surface area contributed by atoms with Crippen LogP contribution in [0, 0.1) is 15.5 Å². The summed E-state index contributed by atoms with van der Waals surface area (Å²) in [4.78, 5) is 44.9. The van der Waals surface area contributed by atoms with Gasteiger partial charge in [-0.25, -0.2) is 13.1 Å². The van der Waals surface area contributed by atoms with Crippen molar-refractivity contribution in [3.63, 3.8) is 0 Å². The van der Waals surface area contributed by atoms with Gasteiger partial charge in [0.25, 0.3) is 21.6 Å². The van der Waals surface area contributed by atoms with Crippen LogP contribution in [0.3, 0.4) is 0 Å². The van der Waals surface area contributed by atoms with E-state index < -0.39 is 31.4 Å². The quantitative estimate of drug-likeness (QED) is 0.0863. The number of piperazine rings is 1. The fourth-order valence-corrected chi connectivity index (χ4v) is 11.4. The molecule has 0 aromatic heterocycles. The molecule has 3 N–H and O–H groups in total.